The van der Waals surface area contributed by atoms with Crippen molar-refractivity contribution < 1.29 is 0 Å². The highest BCUT2D eigenvalue weighted by molar-refractivity contribution is 5.18. The van der Waals surface area contributed by atoms with Gasteiger partial charge in [0, 0.05) is 0 Å². The number of allylic oxidation sites excluding steroid dienone is 2. The quantitative estimate of drug-likeness (QED) is 0.540. The lowest BCUT2D eigenvalue weighted by Crippen LogP contribution is -1.88. The monoisotopic (exact) mass is 150 g/mol. The molecule has 2 aliphatic rings. The van der Waals surface area contributed by atoms with E-state index in [1.807, 2.05) is 5.57 Å². The topological polar surface area (TPSA) is 0 Å². The van der Waals surface area contributed by atoms with Crippen molar-refractivity contribution >= 4 is 0 Å². The molecule has 1 atom stereocenters. The van der Waals surface area contributed by atoms with Crippen LogP contribution in [-0.2, 0) is 0 Å². The third-order valence-corrected chi connectivity index (χ3v) is 3.01. The van der Waals surface area contributed by atoms with Crippen molar-refractivity contribution in [1.29, 1.82) is 0 Å². The predicted molar refractivity (Wildman–Crippen MR) is 48.4 cm³/mol. The molecule has 1 saturated carbocycles. The van der Waals surface area contributed by atoms with Gasteiger partial charge in [-0.15, -0.1) is 0 Å². The maximum atomic E-state index is 2.58. The van der Waals surface area contributed by atoms with E-state index in [1.54, 1.807) is 0 Å². The van der Waals surface area contributed by atoms with E-state index in [0.717, 1.165) is 11.8 Å². The van der Waals surface area contributed by atoms with Crippen LogP contribution in [0.4, 0.5) is 0 Å². The molecule has 0 aliphatic heterocycles. The Kier molecular flexibility index (Phi) is 2.02. The normalized spacial score (nSPS) is 30.6. The fraction of sp³-hybridized carbons (Fsp3) is 0.818. The Bertz CT molecular complexity index is 163. The zero-order chi connectivity index (χ0) is 7.68. The van der Waals surface area contributed by atoms with E-state index in [1.165, 1.54) is 38.5 Å². The van der Waals surface area contributed by atoms with E-state index in [0.29, 0.717) is 0 Å². The average Bonchev–Trinajstić information content (AvgIpc) is 2.75. The van der Waals surface area contributed by atoms with Crippen molar-refractivity contribution in [3.8, 4) is 0 Å². The van der Waals surface area contributed by atoms with Crippen LogP contribution in [0.1, 0.15) is 45.4 Å². The lowest BCUT2D eigenvalue weighted by atomic mass is 10.0. The van der Waals surface area contributed by atoms with Crippen molar-refractivity contribution in [3.05, 3.63) is 11.6 Å². The SMILES string of the molecule is CCCC1C=C(C2CC2)CC1. The molecule has 0 nitrogen and oxygen atoms in total. The van der Waals surface area contributed by atoms with Crippen LogP contribution in [-0.4, -0.2) is 0 Å². The first-order chi connectivity index (χ1) is 5.40. The molecule has 0 spiro atoms. The lowest BCUT2D eigenvalue weighted by molar-refractivity contribution is 0.567. The number of hydrogen-bond acceptors (Lipinski definition) is 0. The highest BCUT2D eigenvalue weighted by atomic mass is 14.3. The molecule has 0 heterocycles. The van der Waals surface area contributed by atoms with E-state index in [9.17, 15) is 0 Å². The molecular weight excluding hydrogens is 132 g/mol. The molecule has 0 radical (unpaired) electrons. The Morgan fingerprint density at radius 3 is 2.82 bits per heavy atom. The largest absolute Gasteiger partial charge is 0.0819 e. The molecule has 0 bridgehead atoms. The summed E-state index contributed by atoms with van der Waals surface area (Å²) in [6, 6.07) is 0. The van der Waals surface area contributed by atoms with Crippen LogP contribution < -0.4 is 0 Å². The third-order valence-electron chi connectivity index (χ3n) is 3.01. The third kappa shape index (κ3) is 1.66. The zero-order valence-electron chi connectivity index (χ0n) is 7.47. The molecule has 0 aromatic heterocycles. The molecule has 2 aliphatic carbocycles. The molecule has 1 fully saturated rings. The molecule has 2 rings (SSSR count). The number of hydrogen-bond donors (Lipinski definition) is 0. The van der Waals surface area contributed by atoms with E-state index < -0.39 is 0 Å². The summed E-state index contributed by atoms with van der Waals surface area (Å²) in [6.45, 7) is 2.29. The molecule has 0 N–H and O–H groups in total. The van der Waals surface area contributed by atoms with Gasteiger partial charge in [0.05, 0.1) is 0 Å². The smallest absolute Gasteiger partial charge is 0.0203 e. The van der Waals surface area contributed by atoms with Crippen LogP contribution in [0.15, 0.2) is 11.6 Å². The summed E-state index contributed by atoms with van der Waals surface area (Å²) in [5.41, 5.74) is 1.81. The highest BCUT2D eigenvalue weighted by Crippen LogP contribution is 2.43. The minimum atomic E-state index is 0.954. The van der Waals surface area contributed by atoms with Gasteiger partial charge in [0.15, 0.2) is 0 Å². The van der Waals surface area contributed by atoms with Crippen molar-refractivity contribution in [1.82, 2.24) is 0 Å². The Labute approximate surface area is 69.7 Å². The Morgan fingerprint density at radius 2 is 2.18 bits per heavy atom. The van der Waals surface area contributed by atoms with Gasteiger partial charge in [-0.25, -0.2) is 0 Å². The summed E-state index contributed by atoms with van der Waals surface area (Å²) in [5, 5.41) is 0. The van der Waals surface area contributed by atoms with Crippen LogP contribution in [0.25, 0.3) is 0 Å². The van der Waals surface area contributed by atoms with E-state index in [2.05, 4.69) is 13.0 Å². The van der Waals surface area contributed by atoms with E-state index in [4.69, 9.17) is 0 Å². The Hall–Kier alpha value is -0.260. The predicted octanol–water partition coefficient (Wildman–Crippen LogP) is 3.53. The Morgan fingerprint density at radius 1 is 1.36 bits per heavy atom. The standard InChI is InChI=1S/C11H18/c1-2-3-9-4-5-11(8-9)10-6-7-10/h8-10H,2-7H2,1H3. The second-order valence-corrected chi connectivity index (χ2v) is 4.10. The fourth-order valence-electron chi connectivity index (χ4n) is 2.21. The highest BCUT2D eigenvalue weighted by Gasteiger charge is 2.29. The summed E-state index contributed by atoms with van der Waals surface area (Å²) < 4.78 is 0. The van der Waals surface area contributed by atoms with Gasteiger partial charge in [-0.2, -0.15) is 0 Å². The summed E-state index contributed by atoms with van der Waals surface area (Å²) in [7, 11) is 0. The van der Waals surface area contributed by atoms with Crippen LogP contribution in [0.2, 0.25) is 0 Å². The van der Waals surface area contributed by atoms with Crippen LogP contribution >= 0.6 is 0 Å². The average molecular weight is 150 g/mol. The molecule has 1 unspecified atom stereocenters. The van der Waals surface area contributed by atoms with Gasteiger partial charge >= 0.3 is 0 Å². The van der Waals surface area contributed by atoms with Gasteiger partial charge in [-0.1, -0.05) is 25.0 Å². The van der Waals surface area contributed by atoms with Gasteiger partial charge in [0.2, 0.25) is 0 Å². The first-order valence-electron chi connectivity index (χ1n) is 5.10. The van der Waals surface area contributed by atoms with Gasteiger partial charge in [0.1, 0.15) is 0 Å². The lowest BCUT2D eigenvalue weighted by Gasteiger charge is -2.01. The van der Waals surface area contributed by atoms with Crippen molar-refractivity contribution in [3.63, 3.8) is 0 Å². The van der Waals surface area contributed by atoms with E-state index in [-0.39, 0.29) is 0 Å². The molecule has 0 saturated heterocycles. The van der Waals surface area contributed by atoms with Gasteiger partial charge < -0.3 is 0 Å². The molecular formula is C11H18. The van der Waals surface area contributed by atoms with Crippen molar-refractivity contribution in [2.24, 2.45) is 11.8 Å². The summed E-state index contributed by atoms with van der Waals surface area (Å²) in [6.07, 6.45) is 11.2. The molecule has 0 aromatic carbocycles. The second kappa shape index (κ2) is 3.00. The van der Waals surface area contributed by atoms with Crippen molar-refractivity contribution in [2.75, 3.05) is 0 Å². The maximum absolute atomic E-state index is 2.58. The summed E-state index contributed by atoms with van der Waals surface area (Å²) >= 11 is 0. The van der Waals surface area contributed by atoms with Gasteiger partial charge in [-0.05, 0) is 43.9 Å². The van der Waals surface area contributed by atoms with Crippen LogP contribution in [0.3, 0.4) is 0 Å². The molecule has 0 amide bonds. The van der Waals surface area contributed by atoms with Crippen LogP contribution in [0.5, 0.6) is 0 Å². The maximum Gasteiger partial charge on any atom is -0.0203 e. The van der Waals surface area contributed by atoms with Gasteiger partial charge in [0.25, 0.3) is 0 Å². The van der Waals surface area contributed by atoms with E-state index >= 15 is 0 Å². The molecule has 0 heteroatoms. The minimum absolute atomic E-state index is 0.954. The van der Waals surface area contributed by atoms with Crippen LogP contribution in [0, 0.1) is 11.8 Å². The molecule has 0 aromatic rings. The minimum Gasteiger partial charge on any atom is -0.0819 e. The molecule has 11 heavy (non-hydrogen) atoms. The second-order valence-electron chi connectivity index (χ2n) is 4.10. The van der Waals surface area contributed by atoms with Gasteiger partial charge in [-0.3, -0.25) is 0 Å². The fourth-order valence-corrected chi connectivity index (χ4v) is 2.21. The number of rotatable bonds is 3. The first kappa shape index (κ1) is 7.39. The summed E-state index contributed by atoms with van der Waals surface area (Å²) in [5.74, 6) is 1.99. The molecule has 62 valence electrons. The first-order valence-corrected chi connectivity index (χ1v) is 5.10. The summed E-state index contributed by atoms with van der Waals surface area (Å²) in [4.78, 5) is 0. The van der Waals surface area contributed by atoms with Crippen molar-refractivity contribution in [2.45, 2.75) is 45.4 Å². The zero-order valence-corrected chi connectivity index (χ0v) is 7.47. The Balaban J connectivity index is 1.87.